The van der Waals surface area contributed by atoms with Gasteiger partial charge in [0.25, 0.3) is 10.2 Å². The number of morpholine rings is 1. The maximum Gasteiger partial charge on any atom is 0.282 e. The van der Waals surface area contributed by atoms with E-state index in [2.05, 4.69) is 5.32 Å². The highest BCUT2D eigenvalue weighted by molar-refractivity contribution is 7.86. The molecule has 0 radical (unpaired) electrons. The van der Waals surface area contributed by atoms with E-state index in [4.69, 9.17) is 4.74 Å². The summed E-state index contributed by atoms with van der Waals surface area (Å²) >= 11 is 0. The zero-order valence-electron chi connectivity index (χ0n) is 12.7. The van der Waals surface area contributed by atoms with Crippen LogP contribution in [-0.2, 0) is 14.9 Å². The summed E-state index contributed by atoms with van der Waals surface area (Å²) in [6, 6.07) is 0. The zero-order valence-corrected chi connectivity index (χ0v) is 13.5. The van der Waals surface area contributed by atoms with Gasteiger partial charge in [0.1, 0.15) is 0 Å². The summed E-state index contributed by atoms with van der Waals surface area (Å²) in [5, 5.41) is 3.41. The van der Waals surface area contributed by atoms with Crippen LogP contribution < -0.4 is 5.32 Å². The topological polar surface area (TPSA) is 61.9 Å². The van der Waals surface area contributed by atoms with Crippen LogP contribution in [0.4, 0.5) is 0 Å². The Morgan fingerprint density at radius 2 is 1.33 bits per heavy atom. The molecule has 3 saturated heterocycles. The molecule has 0 bridgehead atoms. The summed E-state index contributed by atoms with van der Waals surface area (Å²) in [5.74, 6) is 1.50. The van der Waals surface area contributed by atoms with E-state index < -0.39 is 10.2 Å². The minimum atomic E-state index is -3.26. The SMILES string of the molecule is O=S(=O)(N1CCOCC1)N1CCC(C2CCNCC2)CC1. The van der Waals surface area contributed by atoms with Crippen LogP contribution in [0.1, 0.15) is 25.7 Å². The van der Waals surface area contributed by atoms with E-state index in [0.29, 0.717) is 45.3 Å². The average molecular weight is 317 g/mol. The van der Waals surface area contributed by atoms with Crippen molar-refractivity contribution in [3.8, 4) is 0 Å². The van der Waals surface area contributed by atoms with Gasteiger partial charge in [-0.1, -0.05) is 0 Å². The Balaban J connectivity index is 1.54. The smallest absolute Gasteiger partial charge is 0.282 e. The zero-order chi connectivity index (χ0) is 14.7. The monoisotopic (exact) mass is 317 g/mol. The van der Waals surface area contributed by atoms with E-state index >= 15 is 0 Å². The van der Waals surface area contributed by atoms with Gasteiger partial charge in [-0.3, -0.25) is 0 Å². The molecule has 0 aromatic rings. The van der Waals surface area contributed by atoms with Gasteiger partial charge in [0.2, 0.25) is 0 Å². The maximum absolute atomic E-state index is 12.6. The van der Waals surface area contributed by atoms with Gasteiger partial charge in [0, 0.05) is 26.2 Å². The van der Waals surface area contributed by atoms with Gasteiger partial charge in [0.05, 0.1) is 13.2 Å². The maximum atomic E-state index is 12.6. The Kier molecular flexibility index (Phi) is 5.16. The van der Waals surface area contributed by atoms with Crippen LogP contribution in [0.3, 0.4) is 0 Å². The van der Waals surface area contributed by atoms with E-state index in [0.717, 1.165) is 31.8 Å². The molecule has 3 aliphatic heterocycles. The summed E-state index contributed by atoms with van der Waals surface area (Å²) < 4.78 is 33.7. The van der Waals surface area contributed by atoms with Crippen molar-refractivity contribution in [2.75, 3.05) is 52.5 Å². The third-order valence-corrected chi connectivity index (χ3v) is 7.21. The first-order valence-corrected chi connectivity index (χ1v) is 9.61. The molecule has 3 fully saturated rings. The van der Waals surface area contributed by atoms with Gasteiger partial charge in [-0.05, 0) is 50.6 Å². The van der Waals surface area contributed by atoms with Crippen molar-refractivity contribution in [1.29, 1.82) is 0 Å². The highest BCUT2D eigenvalue weighted by atomic mass is 32.2. The number of rotatable bonds is 3. The first-order valence-electron chi connectivity index (χ1n) is 8.21. The van der Waals surface area contributed by atoms with E-state index in [1.54, 1.807) is 8.61 Å². The van der Waals surface area contributed by atoms with Crippen LogP contribution in [0.15, 0.2) is 0 Å². The third-order valence-electron chi connectivity index (χ3n) is 5.17. The molecule has 0 amide bonds. The predicted molar refractivity (Wildman–Crippen MR) is 81.2 cm³/mol. The second-order valence-corrected chi connectivity index (χ2v) is 8.27. The van der Waals surface area contributed by atoms with Crippen LogP contribution in [-0.4, -0.2) is 69.5 Å². The fourth-order valence-electron chi connectivity index (χ4n) is 3.83. The largest absolute Gasteiger partial charge is 0.379 e. The van der Waals surface area contributed by atoms with Crippen molar-refractivity contribution >= 4 is 10.2 Å². The second-order valence-electron chi connectivity index (χ2n) is 6.34. The van der Waals surface area contributed by atoms with Gasteiger partial charge < -0.3 is 10.1 Å². The Labute approximate surface area is 128 Å². The summed E-state index contributed by atoms with van der Waals surface area (Å²) in [7, 11) is -3.26. The van der Waals surface area contributed by atoms with E-state index in [1.807, 2.05) is 0 Å². The fraction of sp³-hybridized carbons (Fsp3) is 1.00. The van der Waals surface area contributed by atoms with Crippen molar-refractivity contribution in [1.82, 2.24) is 13.9 Å². The lowest BCUT2D eigenvalue weighted by Gasteiger charge is -2.39. The lowest BCUT2D eigenvalue weighted by Crippen LogP contribution is -2.51. The summed E-state index contributed by atoms with van der Waals surface area (Å²) in [6.45, 7) is 5.65. The number of hydrogen-bond donors (Lipinski definition) is 1. The van der Waals surface area contributed by atoms with Crippen molar-refractivity contribution in [2.24, 2.45) is 11.8 Å². The van der Waals surface area contributed by atoms with Gasteiger partial charge in [-0.2, -0.15) is 17.0 Å². The molecule has 3 aliphatic rings. The van der Waals surface area contributed by atoms with E-state index in [9.17, 15) is 8.42 Å². The van der Waals surface area contributed by atoms with E-state index in [-0.39, 0.29) is 0 Å². The first-order chi connectivity index (χ1) is 10.2. The summed E-state index contributed by atoms with van der Waals surface area (Å²) in [4.78, 5) is 0. The van der Waals surface area contributed by atoms with Gasteiger partial charge in [-0.25, -0.2) is 0 Å². The molecule has 0 aliphatic carbocycles. The Bertz CT molecular complexity index is 423. The molecule has 3 heterocycles. The molecule has 1 N–H and O–H groups in total. The number of ether oxygens (including phenoxy) is 1. The lowest BCUT2D eigenvalue weighted by molar-refractivity contribution is 0.0686. The standard InChI is InChI=1S/C14H27N3O3S/c18-21(19,17-9-11-20-12-10-17)16-7-3-14(4-8-16)13-1-5-15-6-2-13/h13-15H,1-12H2. The predicted octanol–water partition coefficient (Wildman–Crippen LogP) is 0.275. The highest BCUT2D eigenvalue weighted by Crippen LogP contribution is 2.32. The number of nitrogens with zero attached hydrogens (tertiary/aromatic N) is 2. The molecule has 0 aromatic carbocycles. The Morgan fingerprint density at radius 3 is 1.95 bits per heavy atom. The van der Waals surface area contributed by atoms with Gasteiger partial charge >= 0.3 is 0 Å². The molecule has 21 heavy (non-hydrogen) atoms. The van der Waals surface area contributed by atoms with Gasteiger partial charge in [-0.15, -0.1) is 0 Å². The molecule has 0 aromatic heterocycles. The molecule has 0 spiro atoms. The molecule has 6 nitrogen and oxygen atoms in total. The van der Waals surface area contributed by atoms with Crippen LogP contribution >= 0.6 is 0 Å². The molecule has 7 heteroatoms. The molecule has 0 saturated carbocycles. The molecule has 3 rings (SSSR count). The van der Waals surface area contributed by atoms with Gasteiger partial charge in [0.15, 0.2) is 0 Å². The quantitative estimate of drug-likeness (QED) is 0.812. The fourth-order valence-corrected chi connectivity index (χ4v) is 5.44. The number of nitrogens with one attached hydrogen (secondary N) is 1. The minimum absolute atomic E-state index is 0.497. The van der Waals surface area contributed by atoms with Crippen molar-refractivity contribution in [3.63, 3.8) is 0 Å². The third kappa shape index (κ3) is 3.59. The van der Waals surface area contributed by atoms with Crippen molar-refractivity contribution in [2.45, 2.75) is 25.7 Å². The number of piperidine rings is 2. The highest BCUT2D eigenvalue weighted by Gasteiger charge is 2.35. The summed E-state index contributed by atoms with van der Waals surface area (Å²) in [6.07, 6.45) is 4.55. The molecule has 0 unspecified atom stereocenters. The molecular formula is C14H27N3O3S. The second kappa shape index (κ2) is 6.91. The van der Waals surface area contributed by atoms with E-state index in [1.165, 1.54) is 12.8 Å². The summed E-state index contributed by atoms with van der Waals surface area (Å²) in [5.41, 5.74) is 0. The minimum Gasteiger partial charge on any atom is -0.379 e. The molecule has 0 atom stereocenters. The Hall–Kier alpha value is -0.210. The van der Waals surface area contributed by atoms with Crippen LogP contribution in [0.5, 0.6) is 0 Å². The van der Waals surface area contributed by atoms with Crippen LogP contribution in [0.25, 0.3) is 0 Å². The first kappa shape index (κ1) is 15.7. The lowest BCUT2D eigenvalue weighted by atomic mass is 9.79. The van der Waals surface area contributed by atoms with Crippen molar-refractivity contribution < 1.29 is 13.2 Å². The van der Waals surface area contributed by atoms with Crippen LogP contribution in [0, 0.1) is 11.8 Å². The molecule has 122 valence electrons. The van der Waals surface area contributed by atoms with Crippen molar-refractivity contribution in [3.05, 3.63) is 0 Å². The molecular weight excluding hydrogens is 290 g/mol. The number of hydrogen-bond acceptors (Lipinski definition) is 4. The normalized spacial score (nSPS) is 28.8. The Morgan fingerprint density at radius 1 is 0.810 bits per heavy atom. The van der Waals surface area contributed by atoms with Crippen LogP contribution in [0.2, 0.25) is 0 Å². The average Bonchev–Trinajstić information content (AvgIpc) is 2.57.